The molecule has 1 aliphatic carbocycles. The van der Waals surface area contributed by atoms with Crippen LogP contribution in [0, 0.1) is 12.5 Å². The summed E-state index contributed by atoms with van der Waals surface area (Å²) in [5, 5.41) is 15.0. The molecular weight excluding hydrogens is 400 g/mol. The van der Waals surface area contributed by atoms with Crippen molar-refractivity contribution in [1.82, 2.24) is 9.97 Å². The van der Waals surface area contributed by atoms with E-state index in [0.717, 1.165) is 49.0 Å². The maximum absolute atomic E-state index is 11.8. The van der Waals surface area contributed by atoms with Gasteiger partial charge in [-0.3, -0.25) is 0 Å². The fourth-order valence-corrected chi connectivity index (χ4v) is 4.37. The third-order valence-corrected chi connectivity index (χ3v) is 6.09. The maximum Gasteiger partial charge on any atom is 0.222 e. The van der Waals surface area contributed by atoms with Gasteiger partial charge in [0.05, 0.1) is 13.2 Å². The predicted octanol–water partition coefficient (Wildman–Crippen LogP) is 5.33. The van der Waals surface area contributed by atoms with E-state index in [-0.39, 0.29) is 5.92 Å². The average molecular weight is 429 g/mol. The van der Waals surface area contributed by atoms with Crippen molar-refractivity contribution in [1.29, 1.82) is 0 Å². The zero-order valence-electron chi connectivity index (χ0n) is 18.1. The van der Waals surface area contributed by atoms with Crippen LogP contribution in [0.4, 0.5) is 11.6 Å². The van der Waals surface area contributed by atoms with Crippen LogP contribution in [0.2, 0.25) is 0 Å². The molecule has 1 unspecified atom stereocenters. The van der Waals surface area contributed by atoms with Crippen molar-refractivity contribution >= 4 is 11.6 Å². The summed E-state index contributed by atoms with van der Waals surface area (Å²) in [5.41, 5.74) is 1.18. The van der Waals surface area contributed by atoms with Crippen molar-refractivity contribution in [2.75, 3.05) is 18.5 Å². The Balaban J connectivity index is 1.34. The first-order valence-corrected chi connectivity index (χ1v) is 11.1. The second kappa shape index (κ2) is 10.3. The molecule has 0 radical (unpaired) electrons. The zero-order chi connectivity index (χ0) is 22.2. The summed E-state index contributed by atoms with van der Waals surface area (Å²) in [6, 6.07) is 17.0. The van der Waals surface area contributed by atoms with Crippen LogP contribution in [-0.2, 0) is 5.60 Å². The molecule has 164 valence electrons. The third kappa shape index (κ3) is 4.90. The van der Waals surface area contributed by atoms with Crippen LogP contribution >= 0.6 is 0 Å². The summed E-state index contributed by atoms with van der Waals surface area (Å²) in [7, 11) is 0. The Kier molecular flexibility index (Phi) is 6.98. The van der Waals surface area contributed by atoms with Crippen LogP contribution in [0.15, 0.2) is 67.0 Å². The largest absolute Gasteiger partial charge is 0.494 e. The number of nitrogens with zero attached hydrogens (tertiary/aromatic N) is 3. The molecule has 1 aromatic heterocycles. The lowest BCUT2D eigenvalue weighted by molar-refractivity contribution is 0.0182. The van der Waals surface area contributed by atoms with E-state index < -0.39 is 5.60 Å². The van der Waals surface area contributed by atoms with E-state index in [2.05, 4.69) is 20.1 Å². The minimum absolute atomic E-state index is 0.174. The van der Waals surface area contributed by atoms with Crippen LogP contribution in [0.3, 0.4) is 0 Å². The second-order valence-corrected chi connectivity index (χ2v) is 8.14. The summed E-state index contributed by atoms with van der Waals surface area (Å²) in [4.78, 5) is 12.3. The van der Waals surface area contributed by atoms with Gasteiger partial charge in [0.25, 0.3) is 0 Å². The lowest BCUT2D eigenvalue weighted by Crippen LogP contribution is -2.35. The average Bonchev–Trinajstić information content (AvgIpc) is 3.40. The Morgan fingerprint density at radius 1 is 1.00 bits per heavy atom. The van der Waals surface area contributed by atoms with Gasteiger partial charge in [-0.1, -0.05) is 55.3 Å². The van der Waals surface area contributed by atoms with Crippen LogP contribution < -0.4 is 10.1 Å². The fraction of sp³-hybridized carbons (Fsp3) is 0.346. The smallest absolute Gasteiger partial charge is 0.222 e. The normalized spacial score (nSPS) is 15.6. The first-order valence-electron chi connectivity index (χ1n) is 11.1. The number of ether oxygens (including phenoxy) is 1. The Morgan fingerprint density at radius 3 is 2.34 bits per heavy atom. The molecule has 4 rings (SSSR count). The topological polar surface area (TPSA) is 71.6 Å². The summed E-state index contributed by atoms with van der Waals surface area (Å²) < 4.78 is 5.70. The second-order valence-electron chi connectivity index (χ2n) is 8.14. The minimum atomic E-state index is -1.06. The minimum Gasteiger partial charge on any atom is -0.494 e. The van der Waals surface area contributed by atoms with Gasteiger partial charge in [-0.2, -0.15) is 0 Å². The monoisotopic (exact) mass is 428 g/mol. The molecule has 1 fully saturated rings. The lowest BCUT2D eigenvalue weighted by atomic mass is 9.76. The van der Waals surface area contributed by atoms with Gasteiger partial charge in [-0.15, -0.1) is 0 Å². The number of aliphatic hydroxyl groups is 1. The van der Waals surface area contributed by atoms with Gasteiger partial charge in [-0.25, -0.2) is 14.8 Å². The fourth-order valence-electron chi connectivity index (χ4n) is 4.37. The third-order valence-electron chi connectivity index (χ3n) is 6.09. The number of anilines is 1. The summed E-state index contributed by atoms with van der Waals surface area (Å²) in [6.07, 6.45) is 8.58. The van der Waals surface area contributed by atoms with E-state index in [9.17, 15) is 5.11 Å². The summed E-state index contributed by atoms with van der Waals surface area (Å²) in [6.45, 7) is 8.20. The zero-order valence-corrected chi connectivity index (χ0v) is 18.1. The van der Waals surface area contributed by atoms with Crippen LogP contribution in [-0.4, -0.2) is 28.2 Å². The molecule has 6 nitrogen and oxygen atoms in total. The molecule has 0 bridgehead atoms. The Bertz CT molecular complexity index is 1030. The Labute approximate surface area is 189 Å². The van der Waals surface area contributed by atoms with Crippen molar-refractivity contribution in [2.24, 2.45) is 5.92 Å². The number of rotatable bonds is 9. The standard InChI is InChI=1S/C26H28N4O2/c1-27-23-12-14-24(15-13-23)32-17-7-16-28-25-29-18-22(19-30-25)26(31,21-10-5-6-11-21)20-8-3-2-4-9-20/h2-4,8-9,12-15,18-19,21,31H,5-7,10-11,16-17H2,(H,28,29,30). The van der Waals surface area contributed by atoms with Gasteiger partial charge in [0.1, 0.15) is 11.4 Å². The van der Waals surface area contributed by atoms with Gasteiger partial charge in [0.15, 0.2) is 5.69 Å². The summed E-state index contributed by atoms with van der Waals surface area (Å²) >= 11 is 0. The quantitative estimate of drug-likeness (QED) is 0.356. The molecule has 2 N–H and O–H groups in total. The van der Waals surface area contributed by atoms with Gasteiger partial charge in [0.2, 0.25) is 5.95 Å². The molecule has 0 amide bonds. The molecular formula is C26H28N4O2. The molecule has 3 aromatic rings. The first-order chi connectivity index (χ1) is 15.7. The van der Waals surface area contributed by atoms with E-state index in [4.69, 9.17) is 11.3 Å². The molecule has 32 heavy (non-hydrogen) atoms. The highest BCUT2D eigenvalue weighted by Crippen LogP contribution is 2.44. The number of benzene rings is 2. The van der Waals surface area contributed by atoms with Crippen molar-refractivity contribution < 1.29 is 9.84 Å². The van der Waals surface area contributed by atoms with Crippen molar-refractivity contribution in [3.05, 3.63) is 89.5 Å². The number of aromatic nitrogens is 2. The Morgan fingerprint density at radius 2 is 1.69 bits per heavy atom. The van der Waals surface area contributed by atoms with Crippen molar-refractivity contribution in [3.8, 4) is 5.75 Å². The molecule has 1 atom stereocenters. The van der Waals surface area contributed by atoms with E-state index in [1.807, 2.05) is 30.3 Å². The number of nitrogens with one attached hydrogen (secondary N) is 1. The van der Waals surface area contributed by atoms with Crippen molar-refractivity contribution in [3.63, 3.8) is 0 Å². The predicted molar refractivity (Wildman–Crippen MR) is 125 cm³/mol. The highest BCUT2D eigenvalue weighted by atomic mass is 16.5. The van der Waals surface area contributed by atoms with Crippen LogP contribution in [0.25, 0.3) is 4.85 Å². The molecule has 2 aromatic carbocycles. The van der Waals surface area contributed by atoms with E-state index >= 15 is 0 Å². The summed E-state index contributed by atoms with van der Waals surface area (Å²) in [5.74, 6) is 1.47. The van der Waals surface area contributed by atoms with Gasteiger partial charge in [0, 0.05) is 24.5 Å². The maximum atomic E-state index is 11.8. The molecule has 0 saturated heterocycles. The number of hydrogen-bond donors (Lipinski definition) is 2. The highest BCUT2D eigenvalue weighted by molar-refractivity contribution is 5.47. The van der Waals surface area contributed by atoms with E-state index in [0.29, 0.717) is 24.8 Å². The van der Waals surface area contributed by atoms with E-state index in [1.165, 1.54) is 0 Å². The van der Waals surface area contributed by atoms with Gasteiger partial charge in [-0.05, 0) is 42.9 Å². The van der Waals surface area contributed by atoms with Crippen molar-refractivity contribution in [2.45, 2.75) is 37.7 Å². The van der Waals surface area contributed by atoms with Gasteiger partial charge >= 0.3 is 0 Å². The van der Waals surface area contributed by atoms with Crippen LogP contribution in [0.5, 0.6) is 5.75 Å². The molecule has 0 aliphatic heterocycles. The molecule has 0 spiro atoms. The molecule has 1 aliphatic rings. The highest BCUT2D eigenvalue weighted by Gasteiger charge is 2.41. The van der Waals surface area contributed by atoms with E-state index in [1.54, 1.807) is 36.7 Å². The molecule has 1 heterocycles. The van der Waals surface area contributed by atoms with Gasteiger partial charge < -0.3 is 15.2 Å². The van der Waals surface area contributed by atoms with Crippen LogP contribution in [0.1, 0.15) is 43.2 Å². The SMILES string of the molecule is [C-]#[N+]c1ccc(OCCCNc2ncc(C(O)(c3ccccc3)C3CCCC3)cn2)cc1. The molecule has 6 heteroatoms. The number of hydrogen-bond acceptors (Lipinski definition) is 5. The Hall–Kier alpha value is -3.43. The lowest BCUT2D eigenvalue weighted by Gasteiger charge is -2.34. The first kappa shape index (κ1) is 21.8. The molecule has 1 saturated carbocycles.